The van der Waals surface area contributed by atoms with E-state index >= 15 is 0 Å². The number of carbonyl (C=O) groups is 3. The highest BCUT2D eigenvalue weighted by molar-refractivity contribution is 6.35. The fraction of sp³-hybridized carbons (Fsp3) is 0.200. The normalized spacial score (nSPS) is 21.1. The van der Waals surface area contributed by atoms with Crippen LogP contribution in [0.15, 0.2) is 54.6 Å². The van der Waals surface area contributed by atoms with Crippen LogP contribution in [0.25, 0.3) is 0 Å². The second kappa shape index (κ2) is 9.03. The van der Waals surface area contributed by atoms with E-state index < -0.39 is 29.4 Å². The summed E-state index contributed by atoms with van der Waals surface area (Å²) in [6, 6.07) is 15.7. The van der Waals surface area contributed by atoms with E-state index in [1.54, 1.807) is 36.2 Å². The summed E-state index contributed by atoms with van der Waals surface area (Å²) >= 11 is 12.3. The van der Waals surface area contributed by atoms with Crippen molar-refractivity contribution in [3.05, 3.63) is 81.5 Å². The molecule has 2 aliphatic rings. The number of rotatable bonds is 4. The molecule has 3 amide bonds. The van der Waals surface area contributed by atoms with Crippen LogP contribution in [0.3, 0.4) is 0 Å². The van der Waals surface area contributed by atoms with Crippen molar-refractivity contribution in [1.29, 1.82) is 5.26 Å². The first-order chi connectivity index (χ1) is 17.6. The Kier molecular flexibility index (Phi) is 5.98. The maximum atomic E-state index is 14.2. The van der Waals surface area contributed by atoms with E-state index in [9.17, 15) is 19.6 Å². The molecule has 0 bridgehead atoms. The van der Waals surface area contributed by atoms with Gasteiger partial charge in [-0.25, -0.2) is 14.5 Å². The predicted molar refractivity (Wildman–Crippen MR) is 135 cm³/mol. The van der Waals surface area contributed by atoms with E-state index in [1.807, 2.05) is 0 Å². The quantitative estimate of drug-likeness (QED) is 0.498. The van der Waals surface area contributed by atoms with Gasteiger partial charge in [0.15, 0.2) is 11.5 Å². The molecule has 1 aromatic heterocycles. The summed E-state index contributed by atoms with van der Waals surface area (Å²) in [5.74, 6) is -1.83. The van der Waals surface area contributed by atoms with E-state index in [-0.39, 0.29) is 34.5 Å². The molecule has 5 rings (SSSR count). The third kappa shape index (κ3) is 3.93. The van der Waals surface area contributed by atoms with Gasteiger partial charge in [-0.2, -0.15) is 5.26 Å². The third-order valence-electron chi connectivity index (χ3n) is 6.80. The lowest BCUT2D eigenvalue weighted by Gasteiger charge is -2.33. The van der Waals surface area contributed by atoms with Gasteiger partial charge in [0, 0.05) is 29.6 Å². The standard InChI is InChI=1S/C25H18Cl2N6O4/c1-31-24(37)33(18-9-16(26)8-17(27)10-18)23(36)25(31)13-32(21-7-6-20(22(34)35)29-30-21)12-19(25)15-4-2-14(11-28)3-5-15/h2-10,19H,12-13H2,1H3,(H,34,35). The number of carboxylic acid groups (broad SMARTS) is 1. The van der Waals surface area contributed by atoms with Crippen molar-refractivity contribution in [2.75, 3.05) is 29.9 Å². The molecule has 0 saturated carbocycles. The molecule has 37 heavy (non-hydrogen) atoms. The SMILES string of the molecule is CN1C(=O)N(c2cc(Cl)cc(Cl)c2)C(=O)C12CN(c1ccc(C(=O)O)nn1)CC2c1ccc(C#N)cc1. The number of carbonyl (C=O) groups excluding carboxylic acids is 2. The lowest BCUT2D eigenvalue weighted by atomic mass is 9.80. The number of benzene rings is 2. The number of likely N-dealkylation sites (N-methyl/N-ethyl adjacent to an activating group) is 1. The number of amides is 3. The number of hydrogen-bond donors (Lipinski definition) is 1. The molecule has 1 N–H and O–H groups in total. The van der Waals surface area contributed by atoms with E-state index in [2.05, 4.69) is 16.3 Å². The zero-order valence-corrected chi connectivity index (χ0v) is 20.8. The van der Waals surface area contributed by atoms with Gasteiger partial charge in [-0.3, -0.25) is 4.79 Å². The number of carboxylic acids is 1. The summed E-state index contributed by atoms with van der Waals surface area (Å²) in [6.45, 7) is 0.352. The van der Waals surface area contributed by atoms with Crippen molar-refractivity contribution in [2.24, 2.45) is 0 Å². The smallest absolute Gasteiger partial charge is 0.356 e. The first kappa shape index (κ1) is 24.5. The molecule has 2 fully saturated rings. The molecular formula is C25H18Cl2N6O4. The fourth-order valence-electron chi connectivity index (χ4n) is 4.99. The average molecular weight is 537 g/mol. The summed E-state index contributed by atoms with van der Waals surface area (Å²) in [5, 5.41) is 26.8. The fourth-order valence-corrected chi connectivity index (χ4v) is 5.50. The molecule has 3 aromatic rings. The van der Waals surface area contributed by atoms with Gasteiger partial charge in [0.05, 0.1) is 23.9 Å². The molecule has 1 spiro atoms. The monoisotopic (exact) mass is 536 g/mol. The molecule has 186 valence electrons. The van der Waals surface area contributed by atoms with Crippen LogP contribution in [-0.2, 0) is 4.79 Å². The Morgan fingerprint density at radius 2 is 1.76 bits per heavy atom. The summed E-state index contributed by atoms with van der Waals surface area (Å²) in [5.41, 5.74) is -0.100. The zero-order chi connectivity index (χ0) is 26.5. The summed E-state index contributed by atoms with van der Waals surface area (Å²) in [6.07, 6.45) is 0. The maximum absolute atomic E-state index is 14.2. The van der Waals surface area contributed by atoms with Gasteiger partial charge in [-0.05, 0) is 48.0 Å². The van der Waals surface area contributed by atoms with Gasteiger partial charge >= 0.3 is 12.0 Å². The van der Waals surface area contributed by atoms with Gasteiger partial charge in [-0.15, -0.1) is 10.2 Å². The van der Waals surface area contributed by atoms with Gasteiger partial charge in [0.1, 0.15) is 5.54 Å². The van der Waals surface area contributed by atoms with Crippen LogP contribution in [0.1, 0.15) is 27.5 Å². The molecule has 2 unspecified atom stereocenters. The van der Waals surface area contributed by atoms with Gasteiger partial charge in [-0.1, -0.05) is 35.3 Å². The van der Waals surface area contributed by atoms with Gasteiger partial charge in [0.25, 0.3) is 5.91 Å². The molecule has 10 nitrogen and oxygen atoms in total. The van der Waals surface area contributed by atoms with Crippen molar-refractivity contribution in [3.63, 3.8) is 0 Å². The average Bonchev–Trinajstić information content (AvgIpc) is 3.37. The van der Waals surface area contributed by atoms with E-state index in [0.717, 1.165) is 10.5 Å². The third-order valence-corrected chi connectivity index (χ3v) is 7.24. The van der Waals surface area contributed by atoms with Crippen molar-refractivity contribution in [3.8, 4) is 6.07 Å². The number of anilines is 2. The maximum Gasteiger partial charge on any atom is 0.356 e. The number of nitrogens with zero attached hydrogens (tertiary/aromatic N) is 6. The minimum Gasteiger partial charge on any atom is -0.476 e. The number of aromatic nitrogens is 2. The Labute approximate surface area is 221 Å². The largest absolute Gasteiger partial charge is 0.476 e. The topological polar surface area (TPSA) is 131 Å². The second-order valence-electron chi connectivity index (χ2n) is 8.78. The van der Waals surface area contributed by atoms with Crippen LogP contribution < -0.4 is 9.80 Å². The zero-order valence-electron chi connectivity index (χ0n) is 19.3. The minimum atomic E-state index is -1.34. The molecule has 0 aliphatic carbocycles. The van der Waals surface area contributed by atoms with Crippen LogP contribution in [0, 0.1) is 11.3 Å². The van der Waals surface area contributed by atoms with E-state index in [0.29, 0.717) is 11.4 Å². The first-order valence-corrected chi connectivity index (χ1v) is 11.8. The van der Waals surface area contributed by atoms with Gasteiger partial charge < -0.3 is 14.9 Å². The lowest BCUT2D eigenvalue weighted by Crippen LogP contribution is -2.53. The van der Waals surface area contributed by atoms with Crippen LogP contribution in [-0.4, -0.2) is 63.8 Å². The molecular weight excluding hydrogens is 519 g/mol. The van der Waals surface area contributed by atoms with Crippen molar-refractivity contribution < 1.29 is 19.5 Å². The number of hydrogen-bond acceptors (Lipinski definition) is 7. The summed E-state index contributed by atoms with van der Waals surface area (Å²) in [4.78, 5) is 43.2. The highest BCUT2D eigenvalue weighted by Gasteiger charge is 2.64. The van der Waals surface area contributed by atoms with Gasteiger partial charge in [0.2, 0.25) is 0 Å². The summed E-state index contributed by atoms with van der Waals surface area (Å²) < 4.78 is 0. The Balaban J connectivity index is 1.61. The molecule has 2 aromatic carbocycles. The van der Waals surface area contributed by atoms with Crippen molar-refractivity contribution in [2.45, 2.75) is 11.5 Å². The predicted octanol–water partition coefficient (Wildman–Crippen LogP) is 3.79. The Morgan fingerprint density at radius 1 is 1.08 bits per heavy atom. The number of imide groups is 1. The first-order valence-electron chi connectivity index (χ1n) is 11.1. The molecule has 2 saturated heterocycles. The van der Waals surface area contributed by atoms with E-state index in [4.69, 9.17) is 28.3 Å². The van der Waals surface area contributed by atoms with Crippen LogP contribution in [0.5, 0.6) is 0 Å². The molecule has 3 heterocycles. The van der Waals surface area contributed by atoms with Crippen LogP contribution in [0.4, 0.5) is 16.3 Å². The van der Waals surface area contributed by atoms with Crippen LogP contribution >= 0.6 is 23.2 Å². The van der Waals surface area contributed by atoms with E-state index in [1.165, 1.54) is 35.2 Å². The Bertz CT molecular complexity index is 1450. The number of halogens is 2. The molecule has 0 radical (unpaired) electrons. The number of aromatic carboxylic acids is 1. The molecule has 2 aliphatic heterocycles. The molecule has 12 heteroatoms. The highest BCUT2D eigenvalue weighted by Crippen LogP contribution is 2.47. The van der Waals surface area contributed by atoms with Crippen molar-refractivity contribution >= 4 is 52.6 Å². The summed E-state index contributed by atoms with van der Waals surface area (Å²) in [7, 11) is 1.56. The number of nitriles is 1. The second-order valence-corrected chi connectivity index (χ2v) is 9.66. The number of urea groups is 1. The Hall–Kier alpha value is -4.20. The molecule has 2 atom stereocenters. The lowest BCUT2D eigenvalue weighted by molar-refractivity contribution is -0.124. The Morgan fingerprint density at radius 3 is 2.32 bits per heavy atom. The minimum absolute atomic E-state index is 0.0740. The van der Waals surface area contributed by atoms with Crippen molar-refractivity contribution in [1.82, 2.24) is 15.1 Å². The highest BCUT2D eigenvalue weighted by atomic mass is 35.5. The van der Waals surface area contributed by atoms with Crippen LogP contribution in [0.2, 0.25) is 10.0 Å².